The van der Waals surface area contributed by atoms with Gasteiger partial charge in [0.05, 0.1) is 47.0 Å². The van der Waals surface area contributed by atoms with E-state index in [4.69, 9.17) is 0 Å². The molecule has 0 aliphatic carbocycles. The van der Waals surface area contributed by atoms with Gasteiger partial charge in [0.1, 0.15) is 0 Å². The molecular formula is C56H68S10. The minimum absolute atomic E-state index is 1.22. The zero-order valence-electron chi connectivity index (χ0n) is 39.3. The number of fused-ring (bicyclic) bond motifs is 11. The summed E-state index contributed by atoms with van der Waals surface area (Å²) in [6, 6.07) is 9.75. The van der Waals surface area contributed by atoms with E-state index in [0.29, 0.717) is 0 Å². The fourth-order valence-electron chi connectivity index (χ4n) is 10.3. The molecule has 10 aromatic rings. The second-order valence-electron chi connectivity index (χ2n) is 19.0. The molecule has 0 N–H and O–H groups in total. The van der Waals surface area contributed by atoms with Crippen molar-refractivity contribution >= 4 is 179 Å². The smallest absolute Gasteiger partial charge is 0.0651 e. The van der Waals surface area contributed by atoms with Crippen molar-refractivity contribution in [2.75, 3.05) is 0 Å². The number of hydrogen-bond donors (Lipinski definition) is 0. The molecule has 0 bridgehead atoms. The van der Waals surface area contributed by atoms with Gasteiger partial charge < -0.3 is 0 Å². The molecule has 0 fully saturated rings. The molecule has 10 heterocycles. The van der Waals surface area contributed by atoms with Crippen molar-refractivity contribution in [3.05, 3.63) is 46.2 Å². The van der Waals surface area contributed by atoms with Crippen LogP contribution in [-0.2, 0) is 12.8 Å². The van der Waals surface area contributed by atoms with Crippen LogP contribution in [0.2, 0.25) is 0 Å². The Labute approximate surface area is 434 Å². The molecule has 66 heavy (non-hydrogen) atoms. The van der Waals surface area contributed by atoms with Gasteiger partial charge in [0.25, 0.3) is 0 Å². The molecule has 0 radical (unpaired) electrons. The van der Waals surface area contributed by atoms with Crippen molar-refractivity contribution in [2.45, 2.75) is 194 Å². The van der Waals surface area contributed by atoms with Gasteiger partial charge in [0.15, 0.2) is 0 Å². The van der Waals surface area contributed by atoms with Gasteiger partial charge in [-0.05, 0) is 71.8 Å². The Morgan fingerprint density at radius 1 is 0.288 bits per heavy atom. The largest absolute Gasteiger partial charge is 0.141 e. The summed E-state index contributed by atoms with van der Waals surface area (Å²) < 4.78 is 21.5. The highest BCUT2D eigenvalue weighted by Gasteiger charge is 2.27. The van der Waals surface area contributed by atoms with E-state index in [1.165, 1.54) is 227 Å². The molecule has 10 rings (SSSR count). The lowest BCUT2D eigenvalue weighted by atomic mass is 10.0. The van der Waals surface area contributed by atoms with Crippen molar-refractivity contribution < 1.29 is 0 Å². The summed E-state index contributed by atoms with van der Waals surface area (Å²) >= 11 is 20.6. The van der Waals surface area contributed by atoms with Gasteiger partial charge in [0, 0.05) is 38.3 Å². The van der Waals surface area contributed by atoms with Crippen LogP contribution in [0.3, 0.4) is 0 Å². The third kappa shape index (κ3) is 10.8. The van der Waals surface area contributed by atoms with E-state index in [2.05, 4.69) is 117 Å². The summed E-state index contributed by atoms with van der Waals surface area (Å²) in [4.78, 5) is 6.19. The summed E-state index contributed by atoms with van der Waals surface area (Å²) in [6.07, 6.45) is 39.1. The highest BCUT2D eigenvalue weighted by Crippen LogP contribution is 2.58. The van der Waals surface area contributed by atoms with Crippen LogP contribution in [0.25, 0.3) is 85.3 Å². The molecule has 0 atom stereocenters. The van der Waals surface area contributed by atoms with E-state index in [-0.39, 0.29) is 0 Å². The minimum atomic E-state index is 1.22. The van der Waals surface area contributed by atoms with Crippen molar-refractivity contribution in [1.82, 2.24) is 0 Å². The third-order valence-electron chi connectivity index (χ3n) is 14.0. The number of aryl methyl sites for hydroxylation is 2. The topological polar surface area (TPSA) is 0 Å². The molecule has 0 aliphatic heterocycles. The van der Waals surface area contributed by atoms with Crippen molar-refractivity contribution in [3.63, 3.8) is 0 Å². The number of hydrogen-bond acceptors (Lipinski definition) is 10. The first-order valence-corrected chi connectivity index (χ1v) is 34.2. The fraction of sp³-hybridized carbons (Fsp3) is 0.536. The normalized spacial score (nSPS) is 12.6. The summed E-state index contributed by atoms with van der Waals surface area (Å²) in [5.74, 6) is 0. The average Bonchev–Trinajstić information content (AvgIpc) is 4.16. The van der Waals surface area contributed by atoms with Crippen LogP contribution in [0.15, 0.2) is 35.0 Å². The van der Waals surface area contributed by atoms with Gasteiger partial charge in [-0.25, -0.2) is 0 Å². The van der Waals surface area contributed by atoms with E-state index in [0.717, 1.165) is 0 Å². The molecule has 10 heteroatoms. The maximum Gasteiger partial charge on any atom is 0.0651 e. The highest BCUT2D eigenvalue weighted by atomic mass is 32.1. The molecule has 0 unspecified atom stereocenters. The van der Waals surface area contributed by atoms with Crippen LogP contribution in [-0.4, -0.2) is 0 Å². The predicted octanol–water partition coefficient (Wildman–Crippen LogP) is 25.0. The van der Waals surface area contributed by atoms with Crippen molar-refractivity contribution in [2.24, 2.45) is 0 Å². The molecule has 0 amide bonds. The Hall–Kier alpha value is -1.18. The van der Waals surface area contributed by atoms with Crippen molar-refractivity contribution in [1.29, 1.82) is 0 Å². The van der Waals surface area contributed by atoms with Gasteiger partial charge in [-0.2, -0.15) is 0 Å². The summed E-state index contributed by atoms with van der Waals surface area (Å²) in [6.45, 7) is 4.64. The molecule has 0 saturated carbocycles. The lowest BCUT2D eigenvalue weighted by Gasteiger charge is -2.05. The first-order valence-electron chi connectivity index (χ1n) is 25.9. The van der Waals surface area contributed by atoms with Gasteiger partial charge in [-0.1, -0.05) is 168 Å². The standard InChI is InChI=1S/C56H68S10/c1-3-5-7-9-11-13-15-17-19-21-23-25-27-29-37-45(41-35-43-51(61-41)49-39(59-43)31-33-57-49)63-53-47(37)65-56-54-48(66-55(53)56)38(30-28-26-24-22-20-18-16-14-12-10-8-6-4-2)46(64-54)42-36-44-52(62-42)50-40(60-44)32-34-58-50/h31-36H,3-30H2,1-2H3. The van der Waals surface area contributed by atoms with Crippen LogP contribution in [0, 0.1) is 0 Å². The Bertz CT molecular complexity index is 2850. The molecule has 352 valence electrons. The average molecular weight is 1060 g/mol. The van der Waals surface area contributed by atoms with Crippen molar-refractivity contribution in [3.8, 4) is 19.5 Å². The zero-order chi connectivity index (χ0) is 44.7. The van der Waals surface area contributed by atoms with E-state index in [1.54, 1.807) is 49.1 Å². The lowest BCUT2D eigenvalue weighted by Crippen LogP contribution is -1.87. The third-order valence-corrected chi connectivity index (χ3v) is 27.1. The quantitative estimate of drug-likeness (QED) is 0.0394. The van der Waals surface area contributed by atoms with Crippen LogP contribution in [0.4, 0.5) is 0 Å². The Balaban J connectivity index is 0.876. The zero-order valence-corrected chi connectivity index (χ0v) is 47.5. The van der Waals surface area contributed by atoms with Gasteiger partial charge in [0.2, 0.25) is 0 Å². The van der Waals surface area contributed by atoms with E-state index < -0.39 is 0 Å². The van der Waals surface area contributed by atoms with Crippen LogP contribution >= 0.6 is 113 Å². The monoisotopic (exact) mass is 1060 g/mol. The Morgan fingerprint density at radius 3 is 0.985 bits per heavy atom. The molecule has 0 aromatic carbocycles. The predicted molar refractivity (Wildman–Crippen MR) is 317 cm³/mol. The van der Waals surface area contributed by atoms with E-state index in [9.17, 15) is 0 Å². The number of rotatable bonds is 30. The highest BCUT2D eigenvalue weighted by molar-refractivity contribution is 7.47. The molecule has 10 aromatic heterocycles. The van der Waals surface area contributed by atoms with Gasteiger partial charge >= 0.3 is 0 Å². The second-order valence-corrected chi connectivity index (χ2v) is 29.2. The lowest BCUT2D eigenvalue weighted by molar-refractivity contribution is 0.539. The molecule has 0 aliphatic rings. The van der Waals surface area contributed by atoms with Crippen LogP contribution < -0.4 is 0 Å². The second kappa shape index (κ2) is 23.8. The Kier molecular flexibility index (Phi) is 17.5. The van der Waals surface area contributed by atoms with Gasteiger partial charge in [-0.15, -0.1) is 113 Å². The summed E-state index contributed by atoms with van der Waals surface area (Å²) in [5, 5.41) is 4.56. The SMILES string of the molecule is CCCCCCCCCCCCCCCc1c(-c2cc3sc4ccsc4c3s2)sc2c1sc1c3sc(-c4cc5sc6ccsc6c5s4)c(CCCCCCCCCCCCCCC)c3sc21. The summed E-state index contributed by atoms with van der Waals surface area (Å²) in [5.41, 5.74) is 3.33. The molecule has 0 saturated heterocycles. The molecule has 0 spiro atoms. The number of unbranched alkanes of at least 4 members (excludes halogenated alkanes) is 24. The maximum atomic E-state index is 2.56. The van der Waals surface area contributed by atoms with E-state index in [1.807, 2.05) is 45.3 Å². The first kappa shape index (κ1) is 48.4. The summed E-state index contributed by atoms with van der Waals surface area (Å²) in [7, 11) is 0. The minimum Gasteiger partial charge on any atom is -0.141 e. The number of thiophene rings is 10. The molecular weight excluding hydrogens is 993 g/mol. The van der Waals surface area contributed by atoms with Gasteiger partial charge in [-0.3, -0.25) is 0 Å². The first-order chi connectivity index (χ1) is 32.7. The van der Waals surface area contributed by atoms with E-state index >= 15 is 0 Å². The Morgan fingerprint density at radius 2 is 0.621 bits per heavy atom. The van der Waals surface area contributed by atoms with Crippen LogP contribution in [0.5, 0.6) is 0 Å². The van der Waals surface area contributed by atoms with Crippen LogP contribution in [0.1, 0.15) is 192 Å². The maximum absolute atomic E-state index is 2.56. The molecule has 0 nitrogen and oxygen atoms in total. The fourth-order valence-corrected chi connectivity index (χ4v) is 24.3.